The number of carbonyl (C=O) groups excluding carboxylic acids is 2. The molecule has 0 spiro atoms. The lowest BCUT2D eigenvalue weighted by Crippen LogP contribution is -2.33. The number of nitrogens with zero attached hydrogens (tertiary/aromatic N) is 1. The summed E-state index contributed by atoms with van der Waals surface area (Å²) in [6.07, 6.45) is 0.780. The number of rotatable bonds is 1. The molecule has 2 aromatic carbocycles. The Hall–Kier alpha value is -2.20. The highest BCUT2D eigenvalue weighted by Gasteiger charge is 2.42. The van der Waals surface area contributed by atoms with Gasteiger partial charge >= 0.3 is 0 Å². The Morgan fingerprint density at radius 1 is 0.909 bits per heavy atom. The second-order valence-corrected chi connectivity index (χ2v) is 6.25. The molecule has 2 heterocycles. The van der Waals surface area contributed by atoms with Crippen LogP contribution >= 0.6 is 15.9 Å². The molecule has 108 valence electrons. The average molecular weight is 354 g/mol. The third-order valence-corrected chi connectivity index (χ3v) is 4.89. The molecular weight excluding hydrogens is 342 g/mol. The number of benzene rings is 2. The van der Waals surface area contributed by atoms with Crippen molar-refractivity contribution in [1.82, 2.24) is 4.90 Å². The smallest absolute Gasteiger partial charge is 0.299 e. The number of hydrogen-bond acceptors (Lipinski definition) is 2. The van der Waals surface area contributed by atoms with Gasteiger partial charge in [-0.15, -0.1) is 0 Å². The molecule has 0 radical (unpaired) electrons. The number of Topliss-reactive ketones (excluding diaryl/α,β-unsaturated/α-hetero) is 1. The summed E-state index contributed by atoms with van der Waals surface area (Å²) >= 11 is 3.49. The molecule has 4 heteroatoms. The van der Waals surface area contributed by atoms with Gasteiger partial charge in [0.2, 0.25) is 0 Å². The Morgan fingerprint density at radius 3 is 2.36 bits per heavy atom. The molecule has 2 aliphatic rings. The number of amides is 1. The Bertz CT molecular complexity index is 854. The molecule has 0 saturated carbocycles. The van der Waals surface area contributed by atoms with E-state index in [2.05, 4.69) is 22.0 Å². The molecule has 2 aliphatic heterocycles. The molecule has 0 saturated heterocycles. The topological polar surface area (TPSA) is 37.4 Å². The maximum atomic E-state index is 12.6. The van der Waals surface area contributed by atoms with E-state index in [9.17, 15) is 9.59 Å². The van der Waals surface area contributed by atoms with Gasteiger partial charge in [0.15, 0.2) is 0 Å². The molecule has 2 aromatic rings. The predicted octanol–water partition coefficient (Wildman–Crippen LogP) is 3.28. The van der Waals surface area contributed by atoms with Gasteiger partial charge in [0, 0.05) is 22.1 Å². The monoisotopic (exact) mass is 353 g/mol. The lowest BCUT2D eigenvalue weighted by atomic mass is 9.93. The van der Waals surface area contributed by atoms with Gasteiger partial charge in [-0.1, -0.05) is 58.4 Å². The third kappa shape index (κ3) is 1.80. The highest BCUT2D eigenvalue weighted by Crippen LogP contribution is 2.41. The fourth-order valence-corrected chi connectivity index (χ4v) is 3.67. The van der Waals surface area contributed by atoms with Crippen molar-refractivity contribution < 1.29 is 9.59 Å². The van der Waals surface area contributed by atoms with Crippen molar-refractivity contribution >= 4 is 38.9 Å². The highest BCUT2D eigenvalue weighted by atomic mass is 79.9. The van der Waals surface area contributed by atoms with Crippen molar-refractivity contribution in [3.63, 3.8) is 0 Å². The fraction of sp³-hybridized carbons (Fsp3) is 0.111. The van der Waals surface area contributed by atoms with E-state index in [0.29, 0.717) is 12.1 Å². The molecule has 0 fully saturated rings. The summed E-state index contributed by atoms with van der Waals surface area (Å²) in [4.78, 5) is 26.6. The van der Waals surface area contributed by atoms with E-state index in [1.54, 1.807) is 4.90 Å². The first-order valence-corrected chi connectivity index (χ1v) is 7.91. The molecule has 3 nitrogen and oxygen atoms in total. The standard InChI is InChI=1S/C18H12BrNO2/c19-14-8-4-3-7-13(14)15-16-12-6-2-1-5-11(12)9-10-20(16)18(22)17(15)21/h1-8H,9-10H2. The normalized spacial score (nSPS) is 16.9. The van der Waals surface area contributed by atoms with Crippen molar-refractivity contribution in [1.29, 1.82) is 0 Å². The van der Waals surface area contributed by atoms with E-state index in [0.717, 1.165) is 27.7 Å². The van der Waals surface area contributed by atoms with E-state index in [-0.39, 0.29) is 0 Å². The van der Waals surface area contributed by atoms with Crippen LogP contribution in [-0.2, 0) is 16.0 Å². The van der Waals surface area contributed by atoms with Crippen LogP contribution in [0.25, 0.3) is 11.3 Å². The van der Waals surface area contributed by atoms with Crippen LogP contribution in [0, 0.1) is 0 Å². The summed E-state index contributed by atoms with van der Waals surface area (Å²) < 4.78 is 0.823. The van der Waals surface area contributed by atoms with Gasteiger partial charge in [0.05, 0.1) is 11.3 Å². The maximum absolute atomic E-state index is 12.6. The number of fused-ring (bicyclic) bond motifs is 3. The summed E-state index contributed by atoms with van der Waals surface area (Å²) in [6.45, 7) is 0.560. The molecule has 0 bridgehead atoms. The first kappa shape index (κ1) is 13.5. The van der Waals surface area contributed by atoms with Crippen molar-refractivity contribution in [3.05, 3.63) is 69.7 Å². The van der Waals surface area contributed by atoms with Crippen molar-refractivity contribution in [2.45, 2.75) is 6.42 Å². The minimum Gasteiger partial charge on any atom is -0.304 e. The van der Waals surface area contributed by atoms with Gasteiger partial charge in [0.25, 0.3) is 11.7 Å². The zero-order chi connectivity index (χ0) is 15.3. The molecule has 1 amide bonds. The Balaban J connectivity index is 2.05. The summed E-state index contributed by atoms with van der Waals surface area (Å²) in [5, 5.41) is 0. The zero-order valence-electron chi connectivity index (χ0n) is 11.7. The maximum Gasteiger partial charge on any atom is 0.299 e. The fourth-order valence-electron chi connectivity index (χ4n) is 3.18. The molecular formula is C18H12BrNO2. The first-order chi connectivity index (χ1) is 10.7. The van der Waals surface area contributed by atoms with Crippen LogP contribution in [0.2, 0.25) is 0 Å². The van der Waals surface area contributed by atoms with E-state index >= 15 is 0 Å². The summed E-state index contributed by atoms with van der Waals surface area (Å²) in [5.41, 5.74) is 4.20. The third-order valence-electron chi connectivity index (χ3n) is 4.19. The van der Waals surface area contributed by atoms with Crippen molar-refractivity contribution in [2.75, 3.05) is 6.54 Å². The lowest BCUT2D eigenvalue weighted by molar-refractivity contribution is -0.138. The van der Waals surface area contributed by atoms with Crippen LogP contribution in [0.1, 0.15) is 16.7 Å². The lowest BCUT2D eigenvalue weighted by Gasteiger charge is -2.27. The molecule has 0 unspecified atom stereocenters. The van der Waals surface area contributed by atoms with Gasteiger partial charge < -0.3 is 4.90 Å². The Kier molecular flexibility index (Phi) is 3.01. The zero-order valence-corrected chi connectivity index (χ0v) is 13.3. The van der Waals surface area contributed by atoms with Gasteiger partial charge in [-0.2, -0.15) is 0 Å². The predicted molar refractivity (Wildman–Crippen MR) is 87.8 cm³/mol. The molecule has 0 atom stereocenters. The highest BCUT2D eigenvalue weighted by molar-refractivity contribution is 9.10. The van der Waals surface area contributed by atoms with Gasteiger partial charge in [-0.25, -0.2) is 0 Å². The van der Waals surface area contributed by atoms with Crippen LogP contribution < -0.4 is 0 Å². The minimum atomic E-state index is -0.421. The molecule has 0 N–H and O–H groups in total. The minimum absolute atomic E-state index is 0.418. The average Bonchev–Trinajstić information content (AvgIpc) is 2.80. The first-order valence-electron chi connectivity index (χ1n) is 7.12. The summed E-state index contributed by atoms with van der Waals surface area (Å²) in [7, 11) is 0. The quantitative estimate of drug-likeness (QED) is 0.737. The Morgan fingerprint density at radius 2 is 1.59 bits per heavy atom. The number of halogens is 1. The van der Waals surface area contributed by atoms with E-state index in [1.807, 2.05) is 42.5 Å². The van der Waals surface area contributed by atoms with Gasteiger partial charge in [-0.05, 0) is 18.1 Å². The van der Waals surface area contributed by atoms with Gasteiger partial charge in [0.1, 0.15) is 0 Å². The second kappa shape index (κ2) is 4.92. The largest absolute Gasteiger partial charge is 0.304 e. The number of hydrogen-bond donors (Lipinski definition) is 0. The van der Waals surface area contributed by atoms with Gasteiger partial charge in [-0.3, -0.25) is 9.59 Å². The van der Waals surface area contributed by atoms with E-state index in [4.69, 9.17) is 0 Å². The SMILES string of the molecule is O=C1C(=O)N2CCc3ccccc3C2=C1c1ccccc1Br. The second-order valence-electron chi connectivity index (χ2n) is 5.40. The van der Waals surface area contributed by atoms with Crippen molar-refractivity contribution in [2.24, 2.45) is 0 Å². The van der Waals surface area contributed by atoms with Crippen LogP contribution in [0.4, 0.5) is 0 Å². The van der Waals surface area contributed by atoms with Crippen LogP contribution in [0.5, 0.6) is 0 Å². The summed E-state index contributed by atoms with van der Waals surface area (Å²) in [5.74, 6) is -0.839. The van der Waals surface area contributed by atoms with Crippen molar-refractivity contribution in [3.8, 4) is 0 Å². The summed E-state index contributed by atoms with van der Waals surface area (Å²) in [6, 6.07) is 15.5. The van der Waals surface area contributed by atoms with Crippen LogP contribution in [-0.4, -0.2) is 23.1 Å². The number of ketones is 1. The van der Waals surface area contributed by atoms with Crippen LogP contribution in [0.15, 0.2) is 53.0 Å². The van der Waals surface area contributed by atoms with Crippen LogP contribution in [0.3, 0.4) is 0 Å². The molecule has 0 aromatic heterocycles. The van der Waals surface area contributed by atoms with E-state index < -0.39 is 11.7 Å². The van der Waals surface area contributed by atoms with E-state index in [1.165, 1.54) is 5.56 Å². The Labute approximate surface area is 136 Å². The number of carbonyl (C=O) groups is 2. The molecule has 4 rings (SSSR count). The molecule has 0 aliphatic carbocycles. The molecule has 22 heavy (non-hydrogen) atoms.